The number of urea groups is 1. The molecule has 0 unspecified atom stereocenters. The van der Waals surface area contributed by atoms with Gasteiger partial charge in [-0.05, 0) is 25.0 Å². The van der Waals surface area contributed by atoms with Crippen molar-refractivity contribution in [3.05, 3.63) is 35.9 Å². The Balaban J connectivity index is 1.75. The summed E-state index contributed by atoms with van der Waals surface area (Å²) in [7, 11) is -3.52. The van der Waals surface area contributed by atoms with Crippen LogP contribution in [0, 0.1) is 0 Å². The molecule has 2 heterocycles. The van der Waals surface area contributed by atoms with E-state index in [1.165, 1.54) is 7.05 Å². The molecule has 10 nitrogen and oxygen atoms in total. The molecule has 2 aliphatic rings. The molecule has 0 aliphatic carbocycles. The van der Waals surface area contributed by atoms with Gasteiger partial charge in [0.25, 0.3) is 11.8 Å². The maximum Gasteiger partial charge on any atom is 0.418 e. The monoisotopic (exact) mass is 383 g/mol. The number of amides is 4. The molecule has 0 saturated carbocycles. The average molecular weight is 383 g/mol. The quantitative estimate of drug-likeness (QED) is 0.585. The minimum atomic E-state index is -4.85. The molecule has 0 spiro atoms. The van der Waals surface area contributed by atoms with E-state index in [1.807, 2.05) is 0 Å². The average Bonchev–Trinajstić information content (AvgIpc) is 2.84. The molecule has 0 aromatic heterocycles. The second-order valence-corrected chi connectivity index (χ2v) is 7.08. The summed E-state index contributed by atoms with van der Waals surface area (Å²) in [4.78, 5) is 39.6. The standard InChI is InChI=1S/C15H17N3O7S/c1-16(13(19)10-5-3-2-4-6-10)14(20)12-8-7-11-9-17(12)15(21)18(11)25-26(22,23)24/h2-6,11-12H,7-9H2,1H3,(H,22,23,24)/t11-,12-/m0/s1. The fraction of sp³-hybridized carbons (Fsp3) is 0.400. The minimum Gasteiger partial charge on any atom is -0.309 e. The highest BCUT2D eigenvalue weighted by atomic mass is 32.3. The Morgan fingerprint density at radius 3 is 2.50 bits per heavy atom. The lowest BCUT2D eigenvalue weighted by atomic mass is 9.99. The molecule has 2 aliphatic heterocycles. The van der Waals surface area contributed by atoms with Gasteiger partial charge in [0, 0.05) is 19.2 Å². The summed E-state index contributed by atoms with van der Waals surface area (Å²) in [5.41, 5.74) is 0.334. The van der Waals surface area contributed by atoms with E-state index < -0.39 is 40.3 Å². The number of imide groups is 1. The van der Waals surface area contributed by atoms with Crippen LogP contribution >= 0.6 is 0 Å². The second-order valence-electron chi connectivity index (χ2n) is 6.08. The number of carbonyl (C=O) groups excluding carboxylic acids is 3. The van der Waals surface area contributed by atoms with Crippen LogP contribution in [0.2, 0.25) is 0 Å². The number of hydroxylamine groups is 2. The zero-order valence-corrected chi connectivity index (χ0v) is 14.6. The number of piperidine rings is 1. The Morgan fingerprint density at radius 2 is 1.88 bits per heavy atom. The summed E-state index contributed by atoms with van der Waals surface area (Å²) < 4.78 is 34.9. The van der Waals surface area contributed by atoms with Gasteiger partial charge in [-0.25, -0.2) is 4.79 Å². The molecule has 26 heavy (non-hydrogen) atoms. The van der Waals surface area contributed by atoms with Crippen molar-refractivity contribution < 1.29 is 31.6 Å². The van der Waals surface area contributed by atoms with E-state index in [2.05, 4.69) is 4.28 Å². The SMILES string of the molecule is CN(C(=O)c1ccccc1)C(=O)[C@@H]1CC[C@H]2CN1C(=O)N2OS(=O)(=O)O. The molecule has 1 aromatic rings. The van der Waals surface area contributed by atoms with Gasteiger partial charge in [0.05, 0.1) is 6.04 Å². The van der Waals surface area contributed by atoms with Crippen molar-refractivity contribution in [1.82, 2.24) is 14.9 Å². The molecule has 1 aromatic carbocycles. The van der Waals surface area contributed by atoms with Gasteiger partial charge < -0.3 is 4.90 Å². The van der Waals surface area contributed by atoms with Crippen molar-refractivity contribution in [2.45, 2.75) is 24.9 Å². The molecule has 4 amide bonds. The minimum absolute atomic E-state index is 0.0676. The van der Waals surface area contributed by atoms with Crippen LogP contribution in [0.3, 0.4) is 0 Å². The zero-order valence-electron chi connectivity index (χ0n) is 13.8. The Hall–Kier alpha value is -2.50. The number of benzene rings is 1. The molecule has 1 N–H and O–H groups in total. The third kappa shape index (κ3) is 3.41. The van der Waals surface area contributed by atoms with Gasteiger partial charge in [-0.2, -0.15) is 13.5 Å². The van der Waals surface area contributed by atoms with E-state index >= 15 is 0 Å². The predicted molar refractivity (Wildman–Crippen MR) is 86.9 cm³/mol. The first-order valence-corrected chi connectivity index (χ1v) is 9.19. The lowest BCUT2D eigenvalue weighted by molar-refractivity contribution is -0.132. The number of hydrogen-bond donors (Lipinski definition) is 1. The van der Waals surface area contributed by atoms with Crippen LogP contribution in [-0.4, -0.2) is 71.4 Å². The van der Waals surface area contributed by atoms with E-state index in [0.29, 0.717) is 17.0 Å². The molecule has 140 valence electrons. The molecule has 3 rings (SSSR count). The lowest BCUT2D eigenvalue weighted by Gasteiger charge is -2.31. The number of hydrogen-bond acceptors (Lipinski definition) is 6. The first kappa shape index (κ1) is 18.3. The van der Waals surface area contributed by atoms with Gasteiger partial charge in [-0.15, -0.1) is 4.28 Å². The van der Waals surface area contributed by atoms with Crippen molar-refractivity contribution in [2.24, 2.45) is 0 Å². The smallest absolute Gasteiger partial charge is 0.309 e. The molecule has 2 fully saturated rings. The van der Waals surface area contributed by atoms with Crippen molar-refractivity contribution in [1.29, 1.82) is 0 Å². The summed E-state index contributed by atoms with van der Waals surface area (Å²) in [6.45, 7) is 0.0676. The number of likely N-dealkylation sites (N-methyl/N-ethyl adjacent to an activating group) is 1. The highest BCUT2D eigenvalue weighted by Gasteiger charge is 2.50. The largest absolute Gasteiger partial charge is 0.418 e. The van der Waals surface area contributed by atoms with E-state index in [9.17, 15) is 22.8 Å². The van der Waals surface area contributed by atoms with E-state index in [1.54, 1.807) is 30.3 Å². The van der Waals surface area contributed by atoms with Crippen LogP contribution in [0.4, 0.5) is 4.79 Å². The number of nitrogens with zero attached hydrogens (tertiary/aromatic N) is 3. The maximum absolute atomic E-state index is 12.7. The Kier molecular flexibility index (Phi) is 4.69. The summed E-state index contributed by atoms with van der Waals surface area (Å²) in [6.07, 6.45) is 0.536. The fourth-order valence-corrected chi connectivity index (χ4v) is 3.57. The van der Waals surface area contributed by atoms with Crippen LogP contribution in [0.25, 0.3) is 0 Å². The van der Waals surface area contributed by atoms with Crippen molar-refractivity contribution in [2.75, 3.05) is 13.6 Å². The van der Waals surface area contributed by atoms with Gasteiger partial charge in [0.15, 0.2) is 0 Å². The summed E-state index contributed by atoms with van der Waals surface area (Å²) in [5.74, 6) is -1.07. The van der Waals surface area contributed by atoms with Crippen LogP contribution < -0.4 is 0 Å². The zero-order chi connectivity index (χ0) is 19.1. The van der Waals surface area contributed by atoms with Gasteiger partial charge >= 0.3 is 16.4 Å². The Bertz CT molecular complexity index is 842. The first-order chi connectivity index (χ1) is 12.2. The molecule has 2 saturated heterocycles. The van der Waals surface area contributed by atoms with Crippen LogP contribution in [-0.2, 0) is 19.5 Å². The highest BCUT2D eigenvalue weighted by molar-refractivity contribution is 7.80. The molecule has 2 bridgehead atoms. The number of carbonyl (C=O) groups is 3. The summed E-state index contributed by atoms with van der Waals surface area (Å²) in [5, 5.41) is 0.557. The Morgan fingerprint density at radius 1 is 1.23 bits per heavy atom. The van der Waals surface area contributed by atoms with Gasteiger partial charge in [-0.3, -0.25) is 19.0 Å². The number of rotatable bonds is 4. The molecule has 0 radical (unpaired) electrons. The van der Waals surface area contributed by atoms with Crippen LogP contribution in [0.15, 0.2) is 30.3 Å². The first-order valence-electron chi connectivity index (χ1n) is 7.83. The fourth-order valence-electron chi connectivity index (χ4n) is 3.19. The second kappa shape index (κ2) is 6.67. The van der Waals surface area contributed by atoms with Crippen molar-refractivity contribution in [3.63, 3.8) is 0 Å². The van der Waals surface area contributed by atoms with Gasteiger partial charge in [-0.1, -0.05) is 18.2 Å². The normalized spacial score (nSPS) is 22.5. The van der Waals surface area contributed by atoms with Gasteiger partial charge in [0.1, 0.15) is 6.04 Å². The Labute approximate surface area is 149 Å². The van der Waals surface area contributed by atoms with Crippen LogP contribution in [0.5, 0.6) is 0 Å². The van der Waals surface area contributed by atoms with Crippen LogP contribution in [0.1, 0.15) is 23.2 Å². The maximum atomic E-state index is 12.7. The topological polar surface area (TPSA) is 125 Å². The highest BCUT2D eigenvalue weighted by Crippen LogP contribution is 2.31. The van der Waals surface area contributed by atoms with E-state index in [-0.39, 0.29) is 13.0 Å². The van der Waals surface area contributed by atoms with Crippen molar-refractivity contribution >= 4 is 28.2 Å². The molecule has 11 heteroatoms. The van der Waals surface area contributed by atoms with Gasteiger partial charge in [0.2, 0.25) is 0 Å². The lowest BCUT2D eigenvalue weighted by Crippen LogP contribution is -2.51. The summed E-state index contributed by atoms with van der Waals surface area (Å²) >= 11 is 0. The van der Waals surface area contributed by atoms with Crippen molar-refractivity contribution in [3.8, 4) is 0 Å². The third-order valence-corrected chi connectivity index (χ3v) is 4.79. The van der Waals surface area contributed by atoms with E-state index in [4.69, 9.17) is 4.55 Å². The van der Waals surface area contributed by atoms with E-state index in [0.717, 1.165) is 9.80 Å². The molecule has 2 atom stereocenters. The molecular formula is C15H17N3O7S. The number of fused-ring (bicyclic) bond motifs is 2. The third-order valence-electron chi connectivity index (χ3n) is 4.44. The molecular weight excluding hydrogens is 366 g/mol. The predicted octanol–water partition coefficient (Wildman–Crippen LogP) is 0.288. The summed E-state index contributed by atoms with van der Waals surface area (Å²) in [6, 6.07) is 5.89.